The number of carboxylic acids is 1. The molecule has 0 amide bonds. The van der Waals surface area contributed by atoms with Crippen LogP contribution < -0.4 is 4.74 Å². The second kappa shape index (κ2) is 3.56. The normalized spacial score (nSPS) is 12.6. The molecule has 1 atom stereocenters. The van der Waals surface area contributed by atoms with Crippen molar-refractivity contribution in [1.82, 2.24) is 14.6 Å². The van der Waals surface area contributed by atoms with Crippen molar-refractivity contribution in [2.75, 3.05) is 0 Å². The molecular weight excluding hydrogens is 198 g/mol. The van der Waals surface area contributed by atoms with Gasteiger partial charge in [0.2, 0.25) is 0 Å². The molecular formula is C9H9N3O3. The maximum absolute atomic E-state index is 10.5. The van der Waals surface area contributed by atoms with Gasteiger partial charge in [-0.15, -0.1) is 0 Å². The number of ether oxygens (including phenoxy) is 1. The number of rotatable bonds is 3. The molecule has 0 saturated carbocycles. The van der Waals surface area contributed by atoms with Gasteiger partial charge in [0, 0.05) is 6.07 Å². The van der Waals surface area contributed by atoms with E-state index in [-0.39, 0.29) is 0 Å². The van der Waals surface area contributed by atoms with Crippen LogP contribution in [0.25, 0.3) is 5.65 Å². The fourth-order valence-corrected chi connectivity index (χ4v) is 1.11. The Bertz CT molecular complexity index is 494. The molecule has 2 rings (SSSR count). The molecule has 6 heteroatoms. The molecule has 0 aliphatic carbocycles. The molecule has 0 fully saturated rings. The summed E-state index contributed by atoms with van der Waals surface area (Å²) in [6, 6.07) is 1.74. The molecule has 0 bridgehead atoms. The zero-order chi connectivity index (χ0) is 10.8. The van der Waals surface area contributed by atoms with E-state index in [0.29, 0.717) is 11.4 Å². The van der Waals surface area contributed by atoms with Crippen LogP contribution >= 0.6 is 0 Å². The summed E-state index contributed by atoms with van der Waals surface area (Å²) >= 11 is 0. The van der Waals surface area contributed by atoms with Gasteiger partial charge in [-0.25, -0.2) is 14.3 Å². The Kier molecular flexibility index (Phi) is 2.24. The summed E-state index contributed by atoms with van der Waals surface area (Å²) in [6.07, 6.45) is 3.75. The lowest BCUT2D eigenvalue weighted by molar-refractivity contribution is -0.144. The lowest BCUT2D eigenvalue weighted by atomic mass is 10.4. The van der Waals surface area contributed by atoms with Crippen LogP contribution in [0.5, 0.6) is 5.75 Å². The second-order valence-corrected chi connectivity index (χ2v) is 3.02. The Morgan fingerprint density at radius 2 is 2.47 bits per heavy atom. The third-order valence-corrected chi connectivity index (χ3v) is 1.88. The molecule has 2 aromatic heterocycles. The molecule has 15 heavy (non-hydrogen) atoms. The lowest BCUT2D eigenvalue weighted by Gasteiger charge is -2.09. The summed E-state index contributed by atoms with van der Waals surface area (Å²) in [4.78, 5) is 14.6. The quantitative estimate of drug-likeness (QED) is 0.796. The molecule has 2 heterocycles. The third-order valence-electron chi connectivity index (χ3n) is 1.88. The summed E-state index contributed by atoms with van der Waals surface area (Å²) < 4.78 is 6.65. The Labute approximate surface area is 85.1 Å². The van der Waals surface area contributed by atoms with E-state index >= 15 is 0 Å². The second-order valence-electron chi connectivity index (χ2n) is 3.02. The van der Waals surface area contributed by atoms with E-state index in [4.69, 9.17) is 9.84 Å². The maximum atomic E-state index is 10.5. The van der Waals surface area contributed by atoms with Gasteiger partial charge in [0.15, 0.2) is 17.5 Å². The molecule has 0 spiro atoms. The summed E-state index contributed by atoms with van der Waals surface area (Å²) in [5, 5.41) is 12.6. The van der Waals surface area contributed by atoms with Gasteiger partial charge in [0.05, 0.1) is 18.6 Å². The van der Waals surface area contributed by atoms with Crippen molar-refractivity contribution in [3.05, 3.63) is 24.7 Å². The van der Waals surface area contributed by atoms with Crippen molar-refractivity contribution < 1.29 is 14.6 Å². The number of hydrogen-bond donors (Lipinski definition) is 1. The SMILES string of the molecule is C[C@H](Oc1cnc2ccnn2c1)C(=O)O. The van der Waals surface area contributed by atoms with Crippen LogP contribution in [0.15, 0.2) is 24.7 Å². The van der Waals surface area contributed by atoms with Gasteiger partial charge in [-0.3, -0.25) is 0 Å². The van der Waals surface area contributed by atoms with Crippen molar-refractivity contribution in [3.63, 3.8) is 0 Å². The van der Waals surface area contributed by atoms with Gasteiger partial charge in [0.25, 0.3) is 0 Å². The smallest absolute Gasteiger partial charge is 0.344 e. The van der Waals surface area contributed by atoms with Gasteiger partial charge < -0.3 is 9.84 Å². The highest BCUT2D eigenvalue weighted by Gasteiger charge is 2.12. The number of carboxylic acid groups (broad SMARTS) is 1. The monoisotopic (exact) mass is 207 g/mol. The average Bonchev–Trinajstić information content (AvgIpc) is 2.64. The third kappa shape index (κ3) is 1.88. The minimum Gasteiger partial charge on any atom is -0.479 e. The van der Waals surface area contributed by atoms with E-state index in [9.17, 15) is 4.79 Å². The van der Waals surface area contributed by atoms with Gasteiger partial charge in [-0.05, 0) is 6.92 Å². The zero-order valence-corrected chi connectivity index (χ0v) is 7.99. The van der Waals surface area contributed by atoms with Gasteiger partial charge in [-0.1, -0.05) is 0 Å². The number of fused-ring (bicyclic) bond motifs is 1. The molecule has 1 N–H and O–H groups in total. The molecule has 6 nitrogen and oxygen atoms in total. The van der Waals surface area contributed by atoms with Crippen LogP contribution in [0.1, 0.15) is 6.92 Å². The Morgan fingerprint density at radius 1 is 1.67 bits per heavy atom. The van der Waals surface area contributed by atoms with Crippen molar-refractivity contribution >= 4 is 11.6 Å². The number of carbonyl (C=O) groups is 1. The summed E-state index contributed by atoms with van der Waals surface area (Å²) in [5.41, 5.74) is 0.685. The Morgan fingerprint density at radius 3 is 3.20 bits per heavy atom. The highest BCUT2D eigenvalue weighted by Crippen LogP contribution is 2.11. The fraction of sp³-hybridized carbons (Fsp3) is 0.222. The topological polar surface area (TPSA) is 76.7 Å². The van der Waals surface area contributed by atoms with Gasteiger partial charge in [0.1, 0.15) is 0 Å². The minimum atomic E-state index is -1.02. The highest BCUT2D eigenvalue weighted by molar-refractivity contribution is 5.72. The van der Waals surface area contributed by atoms with E-state index < -0.39 is 12.1 Å². The predicted molar refractivity (Wildman–Crippen MR) is 50.7 cm³/mol. The van der Waals surface area contributed by atoms with Gasteiger partial charge >= 0.3 is 5.97 Å². The molecule has 0 aromatic carbocycles. The molecule has 2 aromatic rings. The largest absolute Gasteiger partial charge is 0.479 e. The molecule has 0 radical (unpaired) electrons. The number of aromatic nitrogens is 3. The Hall–Kier alpha value is -2.11. The number of nitrogens with zero attached hydrogens (tertiary/aromatic N) is 3. The first-order valence-corrected chi connectivity index (χ1v) is 4.35. The summed E-state index contributed by atoms with van der Waals surface area (Å²) in [7, 11) is 0. The number of aliphatic carboxylic acids is 1. The minimum absolute atomic E-state index is 0.376. The molecule has 0 aliphatic heterocycles. The van der Waals surface area contributed by atoms with E-state index in [1.165, 1.54) is 17.6 Å². The standard InChI is InChI=1S/C9H9N3O3/c1-6(9(13)14)15-7-4-10-8-2-3-11-12(8)5-7/h2-6H,1H3,(H,13,14)/t6-/m0/s1. The molecule has 0 aliphatic rings. The van der Waals surface area contributed by atoms with Crippen molar-refractivity contribution in [2.24, 2.45) is 0 Å². The average molecular weight is 207 g/mol. The van der Waals surface area contributed by atoms with Crippen LogP contribution in [0.4, 0.5) is 0 Å². The van der Waals surface area contributed by atoms with Crippen molar-refractivity contribution in [2.45, 2.75) is 13.0 Å². The maximum Gasteiger partial charge on any atom is 0.344 e. The van der Waals surface area contributed by atoms with Crippen LogP contribution in [-0.2, 0) is 4.79 Å². The van der Waals surface area contributed by atoms with Crippen LogP contribution in [-0.4, -0.2) is 31.8 Å². The fourth-order valence-electron chi connectivity index (χ4n) is 1.11. The summed E-state index contributed by atoms with van der Waals surface area (Å²) in [6.45, 7) is 1.45. The Balaban J connectivity index is 2.24. The van der Waals surface area contributed by atoms with Gasteiger partial charge in [-0.2, -0.15) is 5.10 Å². The van der Waals surface area contributed by atoms with E-state index in [0.717, 1.165) is 0 Å². The van der Waals surface area contributed by atoms with E-state index in [1.807, 2.05) is 0 Å². The summed E-state index contributed by atoms with van der Waals surface area (Å²) in [5.74, 6) is -0.642. The van der Waals surface area contributed by atoms with Crippen LogP contribution in [0.3, 0.4) is 0 Å². The van der Waals surface area contributed by atoms with Crippen molar-refractivity contribution in [1.29, 1.82) is 0 Å². The number of hydrogen-bond acceptors (Lipinski definition) is 4. The van der Waals surface area contributed by atoms with Crippen molar-refractivity contribution in [3.8, 4) is 5.75 Å². The first-order valence-electron chi connectivity index (χ1n) is 4.35. The predicted octanol–water partition coefficient (Wildman–Crippen LogP) is 0.581. The lowest BCUT2D eigenvalue weighted by Crippen LogP contribution is -2.23. The first-order chi connectivity index (χ1) is 7.16. The van der Waals surface area contributed by atoms with Crippen LogP contribution in [0, 0.1) is 0 Å². The first kappa shape index (κ1) is 9.45. The molecule has 0 saturated heterocycles. The van der Waals surface area contributed by atoms with E-state index in [1.54, 1.807) is 18.5 Å². The zero-order valence-electron chi connectivity index (χ0n) is 7.99. The highest BCUT2D eigenvalue weighted by atomic mass is 16.5. The van der Waals surface area contributed by atoms with Crippen LogP contribution in [0.2, 0.25) is 0 Å². The molecule has 78 valence electrons. The molecule has 0 unspecified atom stereocenters. The van der Waals surface area contributed by atoms with E-state index in [2.05, 4.69) is 10.1 Å².